The molecule has 8 aromatic rings. The minimum atomic E-state index is -1.57. The van der Waals surface area contributed by atoms with Gasteiger partial charge in [0, 0.05) is 4.47 Å². The predicted molar refractivity (Wildman–Crippen MR) is 279 cm³/mol. The molecule has 2 heterocycles. The number of aliphatic hydroxyl groups excluding tert-OH is 2. The van der Waals surface area contributed by atoms with Crippen LogP contribution in [0.25, 0.3) is 22.5 Å². The lowest BCUT2D eigenvalue weighted by atomic mass is 9.80. The average Bonchev–Trinajstić information content (AvgIpc) is 3.99. The molecule has 0 fully saturated rings. The Morgan fingerprint density at radius 2 is 0.986 bits per heavy atom. The Morgan fingerprint density at radius 3 is 1.41 bits per heavy atom. The quantitative estimate of drug-likeness (QED) is 0.0613. The molecule has 4 atom stereocenters. The van der Waals surface area contributed by atoms with Crippen LogP contribution in [0.1, 0.15) is 43.5 Å². The fourth-order valence-corrected chi connectivity index (χ4v) is 7.91. The van der Waals surface area contributed by atoms with Crippen LogP contribution in [0.2, 0.25) is 0 Å². The van der Waals surface area contributed by atoms with Crippen LogP contribution in [0.5, 0.6) is 0 Å². The Labute approximate surface area is 433 Å². The molecule has 0 aliphatic rings. The second-order valence-corrected chi connectivity index (χ2v) is 17.8. The van der Waals surface area contributed by atoms with Crippen molar-refractivity contribution in [1.29, 1.82) is 0 Å². The van der Waals surface area contributed by atoms with E-state index in [0.29, 0.717) is 28.2 Å². The highest BCUT2D eigenvalue weighted by molar-refractivity contribution is 9.10. The summed E-state index contributed by atoms with van der Waals surface area (Å²) in [6.45, 7) is 3.54. The van der Waals surface area contributed by atoms with E-state index in [1.165, 1.54) is 45.8 Å². The van der Waals surface area contributed by atoms with Crippen LogP contribution in [-0.4, -0.2) is 94.9 Å². The number of aliphatic hydroxyl groups is 2. The first-order chi connectivity index (χ1) is 35.4. The molecule has 0 bridgehead atoms. The van der Waals surface area contributed by atoms with Gasteiger partial charge in [-0.2, -0.15) is 10.2 Å². The zero-order chi connectivity index (χ0) is 53.5. The first-order valence-corrected chi connectivity index (χ1v) is 23.7. The number of halogens is 3. The Kier molecular flexibility index (Phi) is 19.4. The highest BCUT2D eigenvalue weighted by Gasteiger charge is 2.30. The van der Waals surface area contributed by atoms with Crippen molar-refractivity contribution < 1.29 is 48.2 Å². The molecule has 0 saturated carbocycles. The van der Waals surface area contributed by atoms with Gasteiger partial charge in [0.15, 0.2) is 12.2 Å². The fourth-order valence-electron chi connectivity index (χ4n) is 7.52. The third kappa shape index (κ3) is 15.4. The molecule has 6 aromatic carbocycles. The third-order valence-corrected chi connectivity index (χ3v) is 11.7. The standard InChI is InChI=1S/C27H25FN4O3.C21H21BrN4O3.C6H6BFO2/c1-17-14-24(27(35)30-23(25(33)26(29)34)15-18-6-3-2-4-7-18)32(31-17)22-9-5-8-20(16-22)19-10-12-21(28)13-11-19;1-13-10-18(26(25-13)16-9-5-8-15(22)12-16)21(29)24-17(19(27)20(23)28)11-14-6-3-2-4-7-14;8-6-3-1-5(2-4-6)7(9)10/h2-14,16,23,25,33H,15H2,1H3,(H2,29,34)(H,30,35);2-10,12,17,19,27H,11H2,1H3,(H2,23,28)(H,24,29);1-4,9-10H/t23-,25?;17-,19?;/m00./s1. The molecule has 16 nitrogen and oxygen atoms in total. The van der Waals surface area contributed by atoms with E-state index in [2.05, 4.69) is 36.8 Å². The number of nitrogens with two attached hydrogens (primary N) is 2. The van der Waals surface area contributed by atoms with E-state index in [1.54, 1.807) is 44.2 Å². The van der Waals surface area contributed by atoms with E-state index < -0.39 is 55.0 Å². The molecular formula is C54H52BBrF2N8O8. The molecule has 0 spiro atoms. The zero-order valence-electron chi connectivity index (χ0n) is 40.0. The van der Waals surface area contributed by atoms with E-state index in [4.69, 9.17) is 21.5 Å². The van der Waals surface area contributed by atoms with E-state index in [9.17, 15) is 38.2 Å². The summed E-state index contributed by atoms with van der Waals surface area (Å²) in [6, 6.07) is 45.7. The van der Waals surface area contributed by atoms with Gasteiger partial charge in [0.25, 0.3) is 11.8 Å². The van der Waals surface area contributed by atoms with Crippen molar-refractivity contribution in [2.75, 3.05) is 0 Å². The first kappa shape index (κ1) is 55.2. The summed E-state index contributed by atoms with van der Waals surface area (Å²) in [6.07, 6.45) is -2.63. The molecule has 10 N–H and O–H groups in total. The normalized spacial score (nSPS) is 12.3. The monoisotopic (exact) mass is 1070 g/mol. The molecule has 4 amide bonds. The lowest BCUT2D eigenvalue weighted by molar-refractivity contribution is -0.127. The Morgan fingerprint density at radius 1 is 0.568 bits per heavy atom. The number of benzene rings is 6. The highest BCUT2D eigenvalue weighted by atomic mass is 79.9. The third-order valence-electron chi connectivity index (χ3n) is 11.2. The van der Waals surface area contributed by atoms with Gasteiger partial charge in [-0.05, 0) is 121 Å². The smallest absolute Gasteiger partial charge is 0.423 e. The first-order valence-electron chi connectivity index (χ1n) is 22.9. The Hall–Kier alpha value is -8.14. The van der Waals surface area contributed by atoms with E-state index >= 15 is 0 Å². The lowest BCUT2D eigenvalue weighted by Crippen LogP contribution is -2.50. The van der Waals surface area contributed by atoms with Gasteiger partial charge < -0.3 is 42.4 Å². The second kappa shape index (κ2) is 26.0. The van der Waals surface area contributed by atoms with Gasteiger partial charge in [0.2, 0.25) is 11.8 Å². The fraction of sp³-hybridized carbons (Fsp3) is 0.148. The van der Waals surface area contributed by atoms with E-state index in [-0.39, 0.29) is 35.9 Å². The molecule has 0 radical (unpaired) electrons. The number of carbonyl (C=O) groups excluding carboxylic acids is 4. The SMILES string of the molecule is Cc1cc(C(=O)N[C@@H](Cc2ccccc2)C(O)C(N)=O)n(-c2cccc(-c3ccc(F)cc3)c2)n1.Cc1cc(C(=O)N[C@@H](Cc2ccccc2)C(O)C(N)=O)n(-c2cccc(Br)c2)n1.OB(O)c1ccc(F)cc1. The summed E-state index contributed by atoms with van der Waals surface area (Å²) in [5.41, 5.74) is 17.3. The van der Waals surface area contributed by atoms with Crippen LogP contribution in [-0.2, 0) is 22.4 Å². The van der Waals surface area contributed by atoms with Crippen molar-refractivity contribution in [2.24, 2.45) is 11.5 Å². The molecule has 74 heavy (non-hydrogen) atoms. The van der Waals surface area contributed by atoms with Crippen LogP contribution >= 0.6 is 15.9 Å². The molecule has 8 rings (SSSR count). The van der Waals surface area contributed by atoms with Crippen molar-refractivity contribution in [1.82, 2.24) is 30.2 Å². The van der Waals surface area contributed by atoms with Gasteiger partial charge in [-0.1, -0.05) is 119 Å². The minimum absolute atomic E-state index is 0.212. The number of aromatic nitrogens is 4. The van der Waals surface area contributed by atoms with Crippen LogP contribution < -0.4 is 27.6 Å². The molecule has 20 heteroatoms. The van der Waals surface area contributed by atoms with Crippen molar-refractivity contribution in [3.63, 3.8) is 0 Å². The largest absolute Gasteiger partial charge is 0.488 e. The van der Waals surface area contributed by atoms with Gasteiger partial charge >= 0.3 is 7.12 Å². The summed E-state index contributed by atoms with van der Waals surface area (Å²) in [4.78, 5) is 49.6. The topological polar surface area (TPSA) is 261 Å². The maximum atomic E-state index is 13.3. The summed E-state index contributed by atoms with van der Waals surface area (Å²) < 4.78 is 29.4. The van der Waals surface area contributed by atoms with Gasteiger partial charge in [0.05, 0.1) is 34.8 Å². The number of nitrogens with zero attached hydrogens (tertiary/aromatic N) is 4. The number of carbonyl (C=O) groups is 4. The average molecular weight is 1070 g/mol. The van der Waals surface area contributed by atoms with Gasteiger partial charge in [0.1, 0.15) is 23.0 Å². The summed E-state index contributed by atoms with van der Waals surface area (Å²) in [5.74, 6) is -3.52. The van der Waals surface area contributed by atoms with Crippen LogP contribution in [0.4, 0.5) is 8.78 Å². The lowest BCUT2D eigenvalue weighted by Gasteiger charge is -2.22. The minimum Gasteiger partial charge on any atom is -0.423 e. The number of rotatable bonds is 16. The summed E-state index contributed by atoms with van der Waals surface area (Å²) >= 11 is 3.41. The molecule has 380 valence electrons. The zero-order valence-corrected chi connectivity index (χ0v) is 41.6. The Bertz CT molecular complexity index is 3170. The molecule has 0 aliphatic carbocycles. The summed E-state index contributed by atoms with van der Waals surface area (Å²) in [5, 5.41) is 52.1. The van der Waals surface area contributed by atoms with Crippen molar-refractivity contribution >= 4 is 52.1 Å². The van der Waals surface area contributed by atoms with Gasteiger partial charge in [-0.15, -0.1) is 0 Å². The van der Waals surface area contributed by atoms with Gasteiger partial charge in [-0.25, -0.2) is 18.1 Å². The number of nitrogens with one attached hydrogen (secondary N) is 2. The van der Waals surface area contributed by atoms with Crippen LogP contribution in [0.3, 0.4) is 0 Å². The molecule has 0 saturated heterocycles. The highest BCUT2D eigenvalue weighted by Crippen LogP contribution is 2.24. The van der Waals surface area contributed by atoms with E-state index in [1.807, 2.05) is 103 Å². The van der Waals surface area contributed by atoms with Crippen molar-refractivity contribution in [3.05, 3.63) is 220 Å². The maximum absolute atomic E-state index is 13.3. The second-order valence-electron chi connectivity index (χ2n) is 16.9. The molecule has 2 aromatic heterocycles. The number of primary amides is 2. The van der Waals surface area contributed by atoms with Crippen LogP contribution in [0, 0.1) is 25.5 Å². The molecule has 0 aliphatic heterocycles. The Balaban J connectivity index is 0.000000205. The summed E-state index contributed by atoms with van der Waals surface area (Å²) in [7, 11) is -1.51. The van der Waals surface area contributed by atoms with Crippen molar-refractivity contribution in [3.8, 4) is 22.5 Å². The molecule has 2 unspecified atom stereocenters. The number of aryl methyl sites for hydroxylation is 2. The number of hydrogen-bond donors (Lipinski definition) is 8. The number of amides is 4. The predicted octanol–water partition coefficient (Wildman–Crippen LogP) is 4.81. The van der Waals surface area contributed by atoms with Crippen molar-refractivity contribution in [2.45, 2.75) is 51.0 Å². The van der Waals surface area contributed by atoms with Crippen LogP contribution in [0.15, 0.2) is 174 Å². The number of hydrogen-bond acceptors (Lipinski definition) is 10. The van der Waals surface area contributed by atoms with Gasteiger partial charge in [-0.3, -0.25) is 19.2 Å². The van der Waals surface area contributed by atoms with E-state index in [0.717, 1.165) is 26.7 Å². The maximum Gasteiger partial charge on any atom is 0.488 e. The molecular weight excluding hydrogens is 1020 g/mol.